The largest absolute Gasteiger partial charge is 0.417 e. The summed E-state index contributed by atoms with van der Waals surface area (Å²) in [5.74, 6) is 0. The SMILES string of the molecule is Cc1csc(NN=Cc2cc(C(F)(F)F)c(Br)cc2C(F)(F)F)n1. The Kier molecular flexibility index (Phi) is 5.23. The van der Waals surface area contributed by atoms with Crippen LogP contribution in [0.1, 0.15) is 22.4 Å². The minimum Gasteiger partial charge on any atom is -0.253 e. The first-order chi connectivity index (χ1) is 11.0. The van der Waals surface area contributed by atoms with Gasteiger partial charge in [-0.05, 0) is 19.1 Å². The predicted octanol–water partition coefficient (Wildman–Crippen LogP) is 5.70. The van der Waals surface area contributed by atoms with E-state index in [-0.39, 0.29) is 0 Å². The number of rotatable bonds is 3. The van der Waals surface area contributed by atoms with Gasteiger partial charge in [-0.15, -0.1) is 11.3 Å². The Bertz CT molecular complexity index is 766. The molecule has 130 valence electrons. The highest BCUT2D eigenvalue weighted by atomic mass is 79.9. The van der Waals surface area contributed by atoms with Crippen molar-refractivity contribution in [1.29, 1.82) is 0 Å². The van der Waals surface area contributed by atoms with Crippen molar-refractivity contribution in [1.82, 2.24) is 4.98 Å². The lowest BCUT2D eigenvalue weighted by atomic mass is 10.0. The minimum atomic E-state index is -4.83. The molecule has 3 nitrogen and oxygen atoms in total. The van der Waals surface area contributed by atoms with Gasteiger partial charge in [-0.1, -0.05) is 15.9 Å². The number of alkyl halides is 6. The molecule has 0 spiro atoms. The van der Waals surface area contributed by atoms with Crippen LogP contribution in [0.2, 0.25) is 0 Å². The Morgan fingerprint density at radius 3 is 2.25 bits per heavy atom. The summed E-state index contributed by atoms with van der Waals surface area (Å²) in [4.78, 5) is 3.97. The van der Waals surface area contributed by atoms with Crippen LogP contribution in [0.3, 0.4) is 0 Å². The Morgan fingerprint density at radius 2 is 1.75 bits per heavy atom. The quantitative estimate of drug-likeness (QED) is 0.384. The number of hydrogen-bond acceptors (Lipinski definition) is 4. The maximum atomic E-state index is 13.0. The summed E-state index contributed by atoms with van der Waals surface area (Å²) in [6.07, 6.45) is -8.95. The van der Waals surface area contributed by atoms with Crippen LogP contribution in [-0.2, 0) is 12.4 Å². The standard InChI is InChI=1S/C13H8BrF6N3S/c1-6-5-24-11(22-6)23-21-4-7-2-9(13(18,19)20)10(14)3-8(7)12(15,16)17/h2-5H,1H3,(H,22,23). The Labute approximate surface area is 144 Å². The van der Waals surface area contributed by atoms with Gasteiger partial charge in [-0.3, -0.25) is 5.43 Å². The first-order valence-corrected chi connectivity index (χ1v) is 7.85. The van der Waals surface area contributed by atoms with Gasteiger partial charge in [0, 0.05) is 15.4 Å². The molecule has 0 saturated carbocycles. The molecule has 2 rings (SSSR count). The van der Waals surface area contributed by atoms with E-state index in [4.69, 9.17) is 0 Å². The van der Waals surface area contributed by atoms with Crippen molar-refractivity contribution in [2.45, 2.75) is 19.3 Å². The van der Waals surface area contributed by atoms with Crippen LogP contribution in [0.25, 0.3) is 0 Å². The number of halogens is 7. The summed E-state index contributed by atoms with van der Waals surface area (Å²) >= 11 is 3.69. The number of hydrazone groups is 1. The molecule has 0 fully saturated rings. The molecule has 11 heteroatoms. The van der Waals surface area contributed by atoms with Gasteiger partial charge in [0.1, 0.15) is 0 Å². The smallest absolute Gasteiger partial charge is 0.253 e. The van der Waals surface area contributed by atoms with Gasteiger partial charge in [-0.2, -0.15) is 31.4 Å². The lowest BCUT2D eigenvalue weighted by Crippen LogP contribution is -2.14. The molecule has 1 N–H and O–H groups in total. The second-order valence-corrected chi connectivity index (χ2v) is 6.29. The van der Waals surface area contributed by atoms with Crippen LogP contribution in [0, 0.1) is 6.92 Å². The number of thiazole rings is 1. The first-order valence-electron chi connectivity index (χ1n) is 6.17. The zero-order valence-electron chi connectivity index (χ0n) is 11.8. The van der Waals surface area contributed by atoms with Crippen LogP contribution < -0.4 is 5.43 Å². The third-order valence-corrected chi connectivity index (χ3v) is 4.25. The van der Waals surface area contributed by atoms with Crippen molar-refractivity contribution in [3.05, 3.63) is 44.4 Å². The van der Waals surface area contributed by atoms with Crippen LogP contribution in [-0.4, -0.2) is 11.2 Å². The van der Waals surface area contributed by atoms with Gasteiger partial charge in [0.15, 0.2) is 0 Å². The second-order valence-electron chi connectivity index (χ2n) is 4.58. The molecule has 1 heterocycles. The summed E-state index contributed by atoms with van der Waals surface area (Å²) in [7, 11) is 0. The van der Waals surface area contributed by atoms with Crippen LogP contribution in [0.15, 0.2) is 27.1 Å². The van der Waals surface area contributed by atoms with E-state index in [1.165, 1.54) is 0 Å². The normalized spacial score (nSPS) is 12.8. The van der Waals surface area contributed by atoms with Gasteiger partial charge >= 0.3 is 12.4 Å². The van der Waals surface area contributed by atoms with Crippen LogP contribution in [0.4, 0.5) is 31.5 Å². The molecule has 0 aliphatic rings. The lowest BCUT2D eigenvalue weighted by molar-refractivity contribution is -0.141. The lowest BCUT2D eigenvalue weighted by Gasteiger charge is -2.15. The number of benzene rings is 1. The molecular weight excluding hydrogens is 424 g/mol. The van der Waals surface area contributed by atoms with Crippen molar-refractivity contribution < 1.29 is 26.3 Å². The number of hydrogen-bond donors (Lipinski definition) is 1. The van der Waals surface area contributed by atoms with Gasteiger partial charge < -0.3 is 0 Å². The summed E-state index contributed by atoms with van der Waals surface area (Å²) in [6, 6.07) is 0.781. The highest BCUT2D eigenvalue weighted by Gasteiger charge is 2.38. The Hall–Kier alpha value is -1.62. The predicted molar refractivity (Wildman–Crippen MR) is 82.2 cm³/mol. The zero-order chi connectivity index (χ0) is 18.1. The molecule has 0 atom stereocenters. The summed E-state index contributed by atoms with van der Waals surface area (Å²) in [5.41, 5.74) is -0.103. The highest BCUT2D eigenvalue weighted by Crippen LogP contribution is 2.40. The van der Waals surface area contributed by atoms with Crippen LogP contribution >= 0.6 is 27.3 Å². The van der Waals surface area contributed by atoms with E-state index in [2.05, 4.69) is 31.4 Å². The number of anilines is 1. The van der Waals surface area contributed by atoms with E-state index in [1.807, 2.05) is 0 Å². The topological polar surface area (TPSA) is 37.3 Å². The average Bonchev–Trinajstić information content (AvgIpc) is 2.83. The number of aryl methyl sites for hydroxylation is 1. The average molecular weight is 432 g/mol. The summed E-state index contributed by atoms with van der Waals surface area (Å²) in [5, 5.41) is 5.53. The number of aromatic nitrogens is 1. The monoisotopic (exact) mass is 431 g/mol. The fourth-order valence-corrected chi connectivity index (χ4v) is 2.93. The molecular formula is C13H8BrF6N3S. The van der Waals surface area contributed by atoms with E-state index in [0.29, 0.717) is 29.2 Å². The van der Waals surface area contributed by atoms with E-state index < -0.39 is 33.5 Å². The molecule has 0 aliphatic heterocycles. The van der Waals surface area contributed by atoms with E-state index >= 15 is 0 Å². The van der Waals surface area contributed by atoms with E-state index in [0.717, 1.165) is 11.3 Å². The van der Waals surface area contributed by atoms with Crippen molar-refractivity contribution in [3.63, 3.8) is 0 Å². The molecule has 0 aliphatic carbocycles. The van der Waals surface area contributed by atoms with E-state index in [1.54, 1.807) is 12.3 Å². The third kappa shape index (κ3) is 4.47. The van der Waals surface area contributed by atoms with E-state index in [9.17, 15) is 26.3 Å². The minimum absolute atomic E-state index is 0.311. The Morgan fingerprint density at radius 1 is 1.12 bits per heavy atom. The molecule has 0 amide bonds. The molecule has 0 radical (unpaired) electrons. The van der Waals surface area contributed by atoms with Gasteiger partial charge in [0.2, 0.25) is 5.13 Å². The Balaban J connectivity index is 2.41. The third-order valence-electron chi connectivity index (χ3n) is 2.73. The maximum absolute atomic E-state index is 13.0. The molecule has 24 heavy (non-hydrogen) atoms. The molecule has 2 aromatic rings. The van der Waals surface area contributed by atoms with Crippen molar-refractivity contribution in [3.8, 4) is 0 Å². The fourth-order valence-electron chi connectivity index (χ4n) is 1.72. The number of nitrogens with zero attached hydrogens (tertiary/aromatic N) is 2. The van der Waals surface area contributed by atoms with Gasteiger partial charge in [0.25, 0.3) is 0 Å². The fraction of sp³-hybridized carbons (Fsp3) is 0.231. The van der Waals surface area contributed by atoms with Gasteiger partial charge in [0.05, 0.1) is 23.0 Å². The molecule has 0 bridgehead atoms. The van der Waals surface area contributed by atoms with Crippen molar-refractivity contribution >= 4 is 38.6 Å². The second kappa shape index (κ2) is 6.71. The van der Waals surface area contributed by atoms with Crippen LogP contribution in [0.5, 0.6) is 0 Å². The summed E-state index contributed by atoms with van der Waals surface area (Å²) < 4.78 is 77.0. The highest BCUT2D eigenvalue weighted by molar-refractivity contribution is 9.10. The van der Waals surface area contributed by atoms with Gasteiger partial charge in [-0.25, -0.2) is 4.98 Å². The van der Waals surface area contributed by atoms with Crippen molar-refractivity contribution in [2.75, 3.05) is 5.43 Å². The molecule has 0 saturated heterocycles. The zero-order valence-corrected chi connectivity index (χ0v) is 14.2. The first kappa shape index (κ1) is 18.7. The van der Waals surface area contributed by atoms with Crippen molar-refractivity contribution in [2.24, 2.45) is 5.10 Å². The summed E-state index contributed by atoms with van der Waals surface area (Å²) in [6.45, 7) is 1.71. The molecule has 1 aromatic carbocycles. The molecule has 0 unspecified atom stereocenters. The number of nitrogens with one attached hydrogen (secondary N) is 1. The maximum Gasteiger partial charge on any atom is 0.417 e. The molecule has 1 aromatic heterocycles.